The maximum Gasteiger partial charge on any atom is 0.158 e. The summed E-state index contributed by atoms with van der Waals surface area (Å²) in [5, 5.41) is 5.39. The highest BCUT2D eigenvalue weighted by molar-refractivity contribution is 7.19. The van der Waals surface area contributed by atoms with Crippen molar-refractivity contribution in [1.82, 2.24) is 9.97 Å². The van der Waals surface area contributed by atoms with Crippen LogP contribution in [0.3, 0.4) is 0 Å². The molecule has 0 fully saturated rings. The van der Waals surface area contributed by atoms with Crippen molar-refractivity contribution in [3.05, 3.63) is 52.4 Å². The van der Waals surface area contributed by atoms with E-state index in [9.17, 15) is 4.39 Å². The van der Waals surface area contributed by atoms with Gasteiger partial charge in [-0.15, -0.1) is 11.3 Å². The summed E-state index contributed by atoms with van der Waals surface area (Å²) >= 11 is 1.73. The molecule has 0 radical (unpaired) electrons. The summed E-state index contributed by atoms with van der Waals surface area (Å²) in [5.41, 5.74) is 5.42. The number of fused-ring (bicyclic) bond motifs is 3. The monoisotopic (exact) mass is 326 g/mol. The molecule has 4 rings (SSSR count). The molecule has 1 aliphatic carbocycles. The average Bonchev–Trinajstić information content (AvgIpc) is 3.13. The van der Waals surface area contributed by atoms with Crippen molar-refractivity contribution >= 4 is 33.1 Å². The minimum absolute atomic E-state index is 0.278. The van der Waals surface area contributed by atoms with E-state index in [-0.39, 0.29) is 5.82 Å². The van der Waals surface area contributed by atoms with E-state index in [1.54, 1.807) is 42.8 Å². The fourth-order valence-electron chi connectivity index (χ4n) is 2.97. The third-order valence-electron chi connectivity index (χ3n) is 4.09. The molecule has 116 valence electrons. The molecule has 1 aromatic carbocycles. The number of hydrogen-bond acceptors (Lipinski definition) is 5. The second kappa shape index (κ2) is 5.70. The molecule has 0 saturated heterocycles. The number of hydrazone groups is 1. The maximum atomic E-state index is 13.8. The van der Waals surface area contributed by atoms with Crippen LogP contribution in [0.5, 0.6) is 0 Å². The van der Waals surface area contributed by atoms with E-state index in [0.717, 1.165) is 23.1 Å². The number of aromatic nitrogens is 2. The summed E-state index contributed by atoms with van der Waals surface area (Å²) in [7, 11) is 0. The lowest BCUT2D eigenvalue weighted by molar-refractivity contribution is 0.625. The number of nitrogens with zero attached hydrogens (tertiary/aromatic N) is 3. The Morgan fingerprint density at radius 1 is 1.26 bits per heavy atom. The van der Waals surface area contributed by atoms with Crippen LogP contribution in [0.2, 0.25) is 0 Å². The first kappa shape index (κ1) is 14.3. The van der Waals surface area contributed by atoms with Gasteiger partial charge in [-0.3, -0.25) is 5.43 Å². The van der Waals surface area contributed by atoms with Gasteiger partial charge in [0.15, 0.2) is 5.82 Å². The highest BCUT2D eigenvalue weighted by Crippen LogP contribution is 2.38. The van der Waals surface area contributed by atoms with Gasteiger partial charge >= 0.3 is 0 Å². The summed E-state index contributed by atoms with van der Waals surface area (Å²) in [6, 6.07) is 6.62. The Hall–Kier alpha value is -2.34. The van der Waals surface area contributed by atoms with Gasteiger partial charge < -0.3 is 0 Å². The SMILES string of the molecule is C/C(=N/Nc1ncnc2sc3c(c12)CCC3)c1ccccc1F. The number of hydrogen-bond donors (Lipinski definition) is 1. The van der Waals surface area contributed by atoms with Crippen molar-refractivity contribution in [2.45, 2.75) is 26.2 Å². The lowest BCUT2D eigenvalue weighted by atomic mass is 10.1. The van der Waals surface area contributed by atoms with Crippen molar-refractivity contribution < 1.29 is 4.39 Å². The largest absolute Gasteiger partial charge is 0.260 e. The summed E-state index contributed by atoms with van der Waals surface area (Å²) in [6.07, 6.45) is 4.91. The fourth-order valence-corrected chi connectivity index (χ4v) is 4.19. The third-order valence-corrected chi connectivity index (χ3v) is 5.29. The van der Waals surface area contributed by atoms with Crippen LogP contribution in [0.1, 0.15) is 29.3 Å². The summed E-state index contributed by atoms with van der Waals surface area (Å²) in [4.78, 5) is 11.1. The molecule has 2 heterocycles. The number of halogens is 1. The Balaban J connectivity index is 1.71. The van der Waals surface area contributed by atoms with Crippen molar-refractivity contribution in [2.75, 3.05) is 5.43 Å². The number of rotatable bonds is 3. The quantitative estimate of drug-likeness (QED) is 0.581. The van der Waals surface area contributed by atoms with Crippen LogP contribution in [0.15, 0.2) is 35.7 Å². The first-order chi connectivity index (χ1) is 11.2. The summed E-state index contributed by atoms with van der Waals surface area (Å²) in [5.74, 6) is 0.421. The predicted octanol–water partition coefficient (Wildman–Crippen LogP) is 4.16. The predicted molar refractivity (Wildman–Crippen MR) is 91.7 cm³/mol. The van der Waals surface area contributed by atoms with Gasteiger partial charge in [-0.2, -0.15) is 5.10 Å². The van der Waals surface area contributed by atoms with Gasteiger partial charge in [0.05, 0.1) is 11.1 Å². The van der Waals surface area contributed by atoms with E-state index in [0.29, 0.717) is 17.1 Å². The van der Waals surface area contributed by atoms with E-state index in [1.165, 1.54) is 22.9 Å². The van der Waals surface area contributed by atoms with E-state index in [2.05, 4.69) is 20.5 Å². The topological polar surface area (TPSA) is 50.2 Å². The summed E-state index contributed by atoms with van der Waals surface area (Å²) < 4.78 is 13.8. The molecule has 6 heteroatoms. The molecule has 0 bridgehead atoms. The number of aryl methyl sites for hydroxylation is 2. The van der Waals surface area contributed by atoms with Gasteiger partial charge in [-0.05, 0) is 37.8 Å². The molecule has 3 aromatic rings. The fraction of sp³-hybridized carbons (Fsp3) is 0.235. The Morgan fingerprint density at radius 2 is 2.13 bits per heavy atom. The first-order valence-electron chi connectivity index (χ1n) is 7.54. The van der Waals surface area contributed by atoms with Crippen molar-refractivity contribution in [1.29, 1.82) is 0 Å². The molecule has 4 nitrogen and oxygen atoms in total. The zero-order chi connectivity index (χ0) is 15.8. The van der Waals surface area contributed by atoms with E-state index in [4.69, 9.17) is 0 Å². The van der Waals surface area contributed by atoms with Crippen LogP contribution in [-0.4, -0.2) is 15.7 Å². The van der Waals surface area contributed by atoms with Crippen LogP contribution < -0.4 is 5.43 Å². The normalized spacial score (nSPS) is 14.3. The van der Waals surface area contributed by atoms with E-state index in [1.807, 2.05) is 0 Å². The third kappa shape index (κ3) is 2.49. The van der Waals surface area contributed by atoms with Crippen LogP contribution in [-0.2, 0) is 12.8 Å². The minimum Gasteiger partial charge on any atom is -0.260 e. The molecule has 2 aromatic heterocycles. The Morgan fingerprint density at radius 3 is 3.00 bits per heavy atom. The molecule has 0 saturated carbocycles. The average molecular weight is 326 g/mol. The Bertz CT molecular complexity index is 916. The molecule has 0 unspecified atom stereocenters. The van der Waals surface area contributed by atoms with Crippen molar-refractivity contribution in [3.8, 4) is 0 Å². The van der Waals surface area contributed by atoms with Crippen LogP contribution in [0.25, 0.3) is 10.2 Å². The molecule has 0 aliphatic heterocycles. The molecular weight excluding hydrogens is 311 g/mol. The Labute approximate surface area is 137 Å². The van der Waals surface area contributed by atoms with Crippen molar-refractivity contribution in [2.24, 2.45) is 5.10 Å². The summed E-state index contributed by atoms with van der Waals surface area (Å²) in [6.45, 7) is 1.78. The number of anilines is 1. The van der Waals surface area contributed by atoms with Crippen molar-refractivity contribution in [3.63, 3.8) is 0 Å². The second-order valence-electron chi connectivity index (χ2n) is 5.55. The smallest absolute Gasteiger partial charge is 0.158 e. The van der Waals surface area contributed by atoms with Crippen LogP contribution in [0.4, 0.5) is 10.2 Å². The zero-order valence-electron chi connectivity index (χ0n) is 12.6. The molecule has 1 N–H and O–H groups in total. The van der Waals surface area contributed by atoms with Crippen LogP contribution >= 0.6 is 11.3 Å². The van der Waals surface area contributed by atoms with Gasteiger partial charge in [0.1, 0.15) is 17.0 Å². The maximum absolute atomic E-state index is 13.8. The number of benzene rings is 1. The molecule has 1 aliphatic rings. The van der Waals surface area contributed by atoms with Gasteiger partial charge in [-0.1, -0.05) is 18.2 Å². The van der Waals surface area contributed by atoms with E-state index < -0.39 is 0 Å². The first-order valence-corrected chi connectivity index (χ1v) is 8.36. The molecule has 23 heavy (non-hydrogen) atoms. The van der Waals surface area contributed by atoms with E-state index >= 15 is 0 Å². The second-order valence-corrected chi connectivity index (χ2v) is 6.63. The lowest BCUT2D eigenvalue weighted by Crippen LogP contribution is -2.03. The zero-order valence-corrected chi connectivity index (χ0v) is 13.5. The van der Waals surface area contributed by atoms with Gasteiger partial charge in [-0.25, -0.2) is 14.4 Å². The molecule has 0 atom stereocenters. The molecule has 0 amide bonds. The minimum atomic E-state index is -0.278. The standard InChI is InChI=1S/C17H15FN4S/c1-10(11-5-2-3-7-13(11)18)21-22-16-15-12-6-4-8-14(12)23-17(15)20-9-19-16/h2-3,5,7,9H,4,6,8H2,1H3,(H,19,20,22)/b21-10-. The van der Waals surface area contributed by atoms with Gasteiger partial charge in [0.25, 0.3) is 0 Å². The number of thiophene rings is 1. The molecular formula is C17H15FN4S. The lowest BCUT2D eigenvalue weighted by Gasteiger charge is -2.06. The Kier molecular flexibility index (Phi) is 3.53. The highest BCUT2D eigenvalue weighted by atomic mass is 32.1. The van der Waals surface area contributed by atoms with Gasteiger partial charge in [0.2, 0.25) is 0 Å². The highest BCUT2D eigenvalue weighted by Gasteiger charge is 2.21. The van der Waals surface area contributed by atoms with Gasteiger partial charge in [0, 0.05) is 10.4 Å². The number of nitrogens with one attached hydrogen (secondary N) is 1. The van der Waals surface area contributed by atoms with Crippen LogP contribution in [0, 0.1) is 5.82 Å². The molecule has 0 spiro atoms.